The Hall–Kier alpha value is -1.46. The molecule has 0 aliphatic carbocycles. The molecule has 0 bridgehead atoms. The van der Waals surface area contributed by atoms with Gasteiger partial charge in [0.1, 0.15) is 5.82 Å². The predicted octanol–water partition coefficient (Wildman–Crippen LogP) is 1.37. The number of anilines is 1. The SMILES string of the molecule is CC(C)(CO)CNCC(=O)Nc1ccc(F)cc1. The van der Waals surface area contributed by atoms with E-state index >= 15 is 0 Å². The van der Waals surface area contributed by atoms with Gasteiger partial charge >= 0.3 is 0 Å². The van der Waals surface area contributed by atoms with Crippen LogP contribution in [-0.4, -0.2) is 30.7 Å². The first-order valence-corrected chi connectivity index (χ1v) is 5.80. The molecule has 0 aliphatic heterocycles. The summed E-state index contributed by atoms with van der Waals surface area (Å²) in [6.45, 7) is 4.55. The van der Waals surface area contributed by atoms with Crippen LogP contribution in [0.1, 0.15) is 13.8 Å². The summed E-state index contributed by atoms with van der Waals surface area (Å²) in [7, 11) is 0. The minimum Gasteiger partial charge on any atom is -0.396 e. The lowest BCUT2D eigenvalue weighted by atomic mass is 9.95. The summed E-state index contributed by atoms with van der Waals surface area (Å²) in [5, 5.41) is 14.6. The summed E-state index contributed by atoms with van der Waals surface area (Å²) in [6.07, 6.45) is 0. The first kappa shape index (κ1) is 14.6. The molecule has 0 fully saturated rings. The average molecular weight is 254 g/mol. The standard InChI is InChI=1S/C13H19FN2O2/c1-13(2,9-17)8-15-7-12(18)16-11-5-3-10(14)4-6-11/h3-6,15,17H,7-9H2,1-2H3,(H,16,18). The number of carbonyl (C=O) groups is 1. The van der Waals surface area contributed by atoms with E-state index in [0.29, 0.717) is 12.2 Å². The fourth-order valence-electron chi connectivity index (χ4n) is 1.31. The molecule has 0 heterocycles. The first-order chi connectivity index (χ1) is 8.43. The number of amides is 1. The zero-order chi connectivity index (χ0) is 13.6. The van der Waals surface area contributed by atoms with Crippen LogP contribution < -0.4 is 10.6 Å². The number of hydrogen-bond acceptors (Lipinski definition) is 3. The third-order valence-electron chi connectivity index (χ3n) is 2.45. The number of halogens is 1. The van der Waals surface area contributed by atoms with E-state index in [2.05, 4.69) is 10.6 Å². The normalized spacial score (nSPS) is 11.3. The number of aliphatic hydroxyl groups is 1. The van der Waals surface area contributed by atoms with E-state index in [9.17, 15) is 9.18 Å². The quantitative estimate of drug-likeness (QED) is 0.718. The topological polar surface area (TPSA) is 61.4 Å². The van der Waals surface area contributed by atoms with Crippen LogP contribution in [0.3, 0.4) is 0 Å². The fraction of sp³-hybridized carbons (Fsp3) is 0.462. The maximum atomic E-state index is 12.6. The van der Waals surface area contributed by atoms with Crippen molar-refractivity contribution in [3.63, 3.8) is 0 Å². The van der Waals surface area contributed by atoms with Gasteiger partial charge in [-0.3, -0.25) is 4.79 Å². The van der Waals surface area contributed by atoms with Crippen molar-refractivity contribution in [2.45, 2.75) is 13.8 Å². The number of hydrogen-bond donors (Lipinski definition) is 3. The third kappa shape index (κ3) is 5.25. The van der Waals surface area contributed by atoms with Crippen LogP contribution in [0, 0.1) is 11.2 Å². The molecule has 0 atom stereocenters. The van der Waals surface area contributed by atoms with Gasteiger partial charge in [-0.2, -0.15) is 0 Å². The molecule has 0 spiro atoms. The van der Waals surface area contributed by atoms with Gasteiger partial charge in [-0.1, -0.05) is 13.8 Å². The largest absolute Gasteiger partial charge is 0.396 e. The molecule has 1 amide bonds. The maximum absolute atomic E-state index is 12.6. The number of aliphatic hydroxyl groups excluding tert-OH is 1. The molecule has 0 aromatic heterocycles. The molecule has 1 rings (SSSR count). The van der Waals surface area contributed by atoms with Gasteiger partial charge in [0.25, 0.3) is 0 Å². The maximum Gasteiger partial charge on any atom is 0.238 e. The van der Waals surface area contributed by atoms with Gasteiger partial charge in [-0.05, 0) is 24.3 Å². The van der Waals surface area contributed by atoms with Crippen molar-refractivity contribution in [3.8, 4) is 0 Å². The van der Waals surface area contributed by atoms with Crippen LogP contribution in [0.2, 0.25) is 0 Å². The van der Waals surface area contributed by atoms with Crippen LogP contribution in [0.15, 0.2) is 24.3 Å². The lowest BCUT2D eigenvalue weighted by Crippen LogP contribution is -2.36. The lowest BCUT2D eigenvalue weighted by Gasteiger charge is -2.21. The van der Waals surface area contributed by atoms with Gasteiger partial charge in [0.05, 0.1) is 6.54 Å². The van der Waals surface area contributed by atoms with Crippen molar-refractivity contribution in [2.24, 2.45) is 5.41 Å². The van der Waals surface area contributed by atoms with Gasteiger partial charge in [-0.25, -0.2) is 4.39 Å². The van der Waals surface area contributed by atoms with Crippen LogP contribution in [0.5, 0.6) is 0 Å². The minimum atomic E-state index is -0.337. The van der Waals surface area contributed by atoms with Gasteiger partial charge < -0.3 is 15.7 Å². The Morgan fingerprint density at radius 3 is 2.50 bits per heavy atom. The van der Waals surface area contributed by atoms with Crippen molar-refractivity contribution in [1.29, 1.82) is 0 Å². The molecule has 18 heavy (non-hydrogen) atoms. The molecular weight excluding hydrogens is 235 g/mol. The molecule has 3 N–H and O–H groups in total. The molecule has 100 valence electrons. The molecule has 1 aromatic rings. The Labute approximate surface area is 106 Å². The highest BCUT2D eigenvalue weighted by Gasteiger charge is 2.16. The van der Waals surface area contributed by atoms with E-state index in [4.69, 9.17) is 5.11 Å². The lowest BCUT2D eigenvalue weighted by molar-refractivity contribution is -0.115. The zero-order valence-corrected chi connectivity index (χ0v) is 10.7. The van der Waals surface area contributed by atoms with Crippen LogP contribution in [-0.2, 0) is 4.79 Å². The van der Waals surface area contributed by atoms with E-state index < -0.39 is 0 Å². The van der Waals surface area contributed by atoms with Gasteiger partial charge in [0.2, 0.25) is 5.91 Å². The zero-order valence-electron chi connectivity index (χ0n) is 10.7. The summed E-state index contributed by atoms with van der Waals surface area (Å²) in [5.41, 5.74) is 0.306. The average Bonchev–Trinajstić information content (AvgIpc) is 2.32. The molecule has 0 radical (unpaired) electrons. The van der Waals surface area contributed by atoms with Crippen molar-refractivity contribution < 1.29 is 14.3 Å². The second kappa shape index (κ2) is 6.47. The Morgan fingerprint density at radius 1 is 1.33 bits per heavy atom. The third-order valence-corrected chi connectivity index (χ3v) is 2.45. The van der Waals surface area contributed by atoms with Gasteiger partial charge in [0, 0.05) is 24.3 Å². The van der Waals surface area contributed by atoms with E-state index in [1.165, 1.54) is 24.3 Å². The monoisotopic (exact) mass is 254 g/mol. The summed E-state index contributed by atoms with van der Waals surface area (Å²) in [6, 6.07) is 5.59. The minimum absolute atomic E-state index is 0.0551. The van der Waals surface area contributed by atoms with Crippen molar-refractivity contribution in [2.75, 3.05) is 25.0 Å². The second-order valence-electron chi connectivity index (χ2n) is 4.98. The van der Waals surface area contributed by atoms with Crippen molar-refractivity contribution >= 4 is 11.6 Å². The highest BCUT2D eigenvalue weighted by atomic mass is 19.1. The van der Waals surface area contributed by atoms with Crippen molar-refractivity contribution in [3.05, 3.63) is 30.1 Å². The highest BCUT2D eigenvalue weighted by Crippen LogP contribution is 2.11. The molecule has 0 saturated heterocycles. The number of nitrogens with one attached hydrogen (secondary N) is 2. The highest BCUT2D eigenvalue weighted by molar-refractivity contribution is 5.92. The molecule has 0 saturated carbocycles. The van der Waals surface area contributed by atoms with E-state index in [1.807, 2.05) is 13.8 Å². The Kier molecular flexibility index (Phi) is 5.25. The van der Waals surface area contributed by atoms with E-state index in [-0.39, 0.29) is 30.3 Å². The first-order valence-electron chi connectivity index (χ1n) is 5.80. The van der Waals surface area contributed by atoms with Gasteiger partial charge in [-0.15, -0.1) is 0 Å². The van der Waals surface area contributed by atoms with Gasteiger partial charge in [0.15, 0.2) is 0 Å². The predicted molar refractivity (Wildman–Crippen MR) is 68.8 cm³/mol. The molecular formula is C13H19FN2O2. The fourth-order valence-corrected chi connectivity index (χ4v) is 1.31. The van der Waals surface area contributed by atoms with Crippen molar-refractivity contribution in [1.82, 2.24) is 5.32 Å². The molecule has 4 nitrogen and oxygen atoms in total. The molecule has 1 aromatic carbocycles. The summed E-state index contributed by atoms with van der Waals surface area (Å²) in [4.78, 5) is 11.5. The molecule has 0 aliphatic rings. The van der Waals surface area contributed by atoms with Crippen LogP contribution in [0.4, 0.5) is 10.1 Å². The molecule has 0 unspecified atom stereocenters. The number of rotatable bonds is 6. The van der Waals surface area contributed by atoms with E-state index in [1.54, 1.807) is 0 Å². The van der Waals surface area contributed by atoms with Crippen LogP contribution in [0.25, 0.3) is 0 Å². The number of carbonyl (C=O) groups excluding carboxylic acids is 1. The Balaban J connectivity index is 2.32. The Bertz CT molecular complexity index is 390. The summed E-state index contributed by atoms with van der Waals surface area (Å²) in [5.74, 6) is -0.536. The Morgan fingerprint density at radius 2 is 1.94 bits per heavy atom. The van der Waals surface area contributed by atoms with E-state index in [0.717, 1.165) is 0 Å². The second-order valence-corrected chi connectivity index (χ2v) is 4.98. The molecule has 5 heteroatoms. The van der Waals surface area contributed by atoms with Crippen LogP contribution >= 0.6 is 0 Å². The number of benzene rings is 1. The summed E-state index contributed by atoms with van der Waals surface area (Å²) < 4.78 is 12.6. The smallest absolute Gasteiger partial charge is 0.238 e. The summed E-state index contributed by atoms with van der Waals surface area (Å²) >= 11 is 0.